The highest BCUT2D eigenvalue weighted by atomic mass is 35.5. The first-order valence-electron chi connectivity index (χ1n) is 11.6. The Morgan fingerprint density at radius 2 is 1.56 bits per heavy atom. The fraction of sp³-hybridized carbons (Fsp3) is 0.259. The minimum Gasteiger partial charge on any atom is -0.355 e. The lowest BCUT2D eigenvalue weighted by atomic mass is 10.1. The Hall–Kier alpha value is -3.36. The highest BCUT2D eigenvalue weighted by Crippen LogP contribution is 2.24. The highest BCUT2D eigenvalue weighted by molar-refractivity contribution is 7.92. The molecule has 36 heavy (non-hydrogen) atoms. The molecular formula is C27H30ClN3O4S. The van der Waals surface area contributed by atoms with E-state index >= 15 is 0 Å². The summed E-state index contributed by atoms with van der Waals surface area (Å²) >= 11 is 6.00. The van der Waals surface area contributed by atoms with E-state index in [0.717, 1.165) is 15.4 Å². The number of nitrogens with zero attached hydrogens (tertiary/aromatic N) is 2. The van der Waals surface area contributed by atoms with E-state index < -0.39 is 28.5 Å². The number of aryl methyl sites for hydroxylation is 1. The first-order chi connectivity index (χ1) is 17.1. The normalized spacial score (nSPS) is 12.0. The number of benzene rings is 3. The van der Waals surface area contributed by atoms with Crippen molar-refractivity contribution < 1.29 is 18.0 Å². The van der Waals surface area contributed by atoms with Gasteiger partial charge in [-0.2, -0.15) is 0 Å². The Kier molecular flexibility index (Phi) is 9.12. The summed E-state index contributed by atoms with van der Waals surface area (Å²) in [6.07, 6.45) is 0. The Balaban J connectivity index is 1.99. The van der Waals surface area contributed by atoms with Crippen LogP contribution in [0.4, 0.5) is 5.69 Å². The topological polar surface area (TPSA) is 86.8 Å². The fourth-order valence-electron chi connectivity index (χ4n) is 3.65. The van der Waals surface area contributed by atoms with Crippen LogP contribution in [0.5, 0.6) is 0 Å². The van der Waals surface area contributed by atoms with Crippen molar-refractivity contribution in [1.29, 1.82) is 0 Å². The standard InChI is InChI=1S/C27H30ClN3O4S/c1-4-29-27(33)21(3)30(18-22-12-14-23(28)15-13-22)26(32)19-31(24-8-6-5-7-9-24)36(34,35)25-16-10-20(2)11-17-25/h5-17,21H,4,18-19H2,1-3H3,(H,29,33). The molecule has 1 unspecified atom stereocenters. The Labute approximate surface area is 217 Å². The molecule has 0 spiro atoms. The molecule has 0 radical (unpaired) electrons. The van der Waals surface area contributed by atoms with Crippen molar-refractivity contribution >= 4 is 39.1 Å². The van der Waals surface area contributed by atoms with E-state index in [4.69, 9.17) is 11.6 Å². The lowest BCUT2D eigenvalue weighted by Gasteiger charge is -2.32. The van der Waals surface area contributed by atoms with Gasteiger partial charge in [-0.25, -0.2) is 8.42 Å². The van der Waals surface area contributed by atoms with E-state index in [1.807, 2.05) is 6.92 Å². The largest absolute Gasteiger partial charge is 0.355 e. The third-order valence-corrected chi connectivity index (χ3v) is 7.76. The molecule has 0 aliphatic rings. The molecule has 3 aromatic rings. The molecule has 0 saturated carbocycles. The van der Waals surface area contributed by atoms with Crippen molar-refractivity contribution in [3.8, 4) is 0 Å². The number of para-hydroxylation sites is 1. The van der Waals surface area contributed by atoms with Gasteiger partial charge in [0.15, 0.2) is 0 Å². The average molecular weight is 528 g/mol. The van der Waals surface area contributed by atoms with Crippen LogP contribution in [0.3, 0.4) is 0 Å². The molecule has 3 rings (SSSR count). The van der Waals surface area contributed by atoms with Crippen molar-refractivity contribution in [2.24, 2.45) is 0 Å². The number of anilines is 1. The molecule has 9 heteroatoms. The van der Waals surface area contributed by atoms with E-state index in [1.54, 1.807) is 80.6 Å². The number of carbonyl (C=O) groups excluding carboxylic acids is 2. The second-order valence-electron chi connectivity index (χ2n) is 8.38. The second-order valence-corrected chi connectivity index (χ2v) is 10.7. The molecule has 1 atom stereocenters. The van der Waals surface area contributed by atoms with E-state index in [9.17, 15) is 18.0 Å². The number of rotatable bonds is 10. The van der Waals surface area contributed by atoms with Crippen LogP contribution >= 0.6 is 11.6 Å². The number of halogens is 1. The van der Waals surface area contributed by atoms with Gasteiger partial charge in [0.05, 0.1) is 10.6 Å². The average Bonchev–Trinajstić information content (AvgIpc) is 2.87. The molecule has 0 saturated heterocycles. The SMILES string of the molecule is CCNC(=O)C(C)N(Cc1ccc(Cl)cc1)C(=O)CN(c1ccccc1)S(=O)(=O)c1ccc(C)cc1. The first-order valence-corrected chi connectivity index (χ1v) is 13.4. The number of amides is 2. The zero-order valence-electron chi connectivity index (χ0n) is 20.5. The number of sulfonamides is 1. The first kappa shape index (κ1) is 27.2. The fourth-order valence-corrected chi connectivity index (χ4v) is 5.19. The van der Waals surface area contributed by atoms with Gasteiger partial charge in [-0.3, -0.25) is 13.9 Å². The van der Waals surface area contributed by atoms with Gasteiger partial charge in [0.25, 0.3) is 10.0 Å². The summed E-state index contributed by atoms with van der Waals surface area (Å²) in [5, 5.41) is 3.29. The van der Waals surface area contributed by atoms with Crippen LogP contribution < -0.4 is 9.62 Å². The van der Waals surface area contributed by atoms with E-state index in [-0.39, 0.29) is 17.3 Å². The Morgan fingerprint density at radius 3 is 2.14 bits per heavy atom. The minimum absolute atomic E-state index is 0.0748. The van der Waals surface area contributed by atoms with Crippen molar-refractivity contribution in [2.45, 2.75) is 38.3 Å². The molecule has 1 N–H and O–H groups in total. The van der Waals surface area contributed by atoms with Crippen LogP contribution in [0.15, 0.2) is 83.8 Å². The van der Waals surface area contributed by atoms with Gasteiger partial charge in [-0.1, -0.05) is 59.6 Å². The third kappa shape index (κ3) is 6.65. The smallest absolute Gasteiger partial charge is 0.264 e. The zero-order chi connectivity index (χ0) is 26.3. The monoisotopic (exact) mass is 527 g/mol. The van der Waals surface area contributed by atoms with Crippen molar-refractivity contribution in [3.05, 3.63) is 95.0 Å². The Bertz CT molecular complexity index is 1280. The number of hydrogen-bond donors (Lipinski definition) is 1. The number of carbonyl (C=O) groups is 2. The highest BCUT2D eigenvalue weighted by Gasteiger charge is 2.32. The van der Waals surface area contributed by atoms with Crippen LogP contribution in [-0.2, 0) is 26.2 Å². The maximum absolute atomic E-state index is 13.7. The van der Waals surface area contributed by atoms with Gasteiger partial charge in [0.2, 0.25) is 11.8 Å². The molecule has 2 amide bonds. The summed E-state index contributed by atoms with van der Waals surface area (Å²) in [5.74, 6) is -0.837. The van der Waals surface area contributed by atoms with Crippen LogP contribution in [-0.4, -0.2) is 44.3 Å². The number of likely N-dealkylation sites (N-methyl/N-ethyl adjacent to an activating group) is 1. The summed E-state index contributed by atoms with van der Waals surface area (Å²) in [6, 6.07) is 21.0. The lowest BCUT2D eigenvalue weighted by Crippen LogP contribution is -2.51. The van der Waals surface area contributed by atoms with Gasteiger partial charge >= 0.3 is 0 Å². The maximum Gasteiger partial charge on any atom is 0.264 e. The number of hydrogen-bond acceptors (Lipinski definition) is 4. The molecule has 3 aromatic carbocycles. The van der Waals surface area contributed by atoms with Crippen molar-refractivity contribution in [2.75, 3.05) is 17.4 Å². The summed E-state index contributed by atoms with van der Waals surface area (Å²) in [6.45, 7) is 5.33. The quantitative estimate of drug-likeness (QED) is 0.423. The molecule has 0 fully saturated rings. The van der Waals surface area contributed by atoms with Crippen LogP contribution in [0.25, 0.3) is 0 Å². The molecule has 0 aromatic heterocycles. The minimum atomic E-state index is -4.07. The van der Waals surface area contributed by atoms with E-state index in [2.05, 4.69) is 5.32 Å². The predicted molar refractivity (Wildman–Crippen MR) is 142 cm³/mol. The zero-order valence-corrected chi connectivity index (χ0v) is 22.1. The van der Waals surface area contributed by atoms with Gasteiger partial charge in [0.1, 0.15) is 12.6 Å². The van der Waals surface area contributed by atoms with Crippen molar-refractivity contribution in [3.63, 3.8) is 0 Å². The summed E-state index contributed by atoms with van der Waals surface area (Å²) in [5.41, 5.74) is 2.03. The molecule has 190 valence electrons. The molecule has 0 aliphatic heterocycles. The predicted octanol–water partition coefficient (Wildman–Crippen LogP) is 4.40. The third-order valence-electron chi connectivity index (χ3n) is 5.72. The molecule has 0 heterocycles. The van der Waals surface area contributed by atoms with Gasteiger partial charge < -0.3 is 10.2 Å². The second kappa shape index (κ2) is 12.1. The molecule has 0 aliphatic carbocycles. The van der Waals surface area contributed by atoms with Gasteiger partial charge in [0, 0.05) is 18.1 Å². The summed E-state index contributed by atoms with van der Waals surface area (Å²) in [7, 11) is -4.07. The molecular weight excluding hydrogens is 498 g/mol. The van der Waals surface area contributed by atoms with Crippen LogP contribution in [0, 0.1) is 6.92 Å². The van der Waals surface area contributed by atoms with Crippen LogP contribution in [0.2, 0.25) is 5.02 Å². The molecule has 7 nitrogen and oxygen atoms in total. The van der Waals surface area contributed by atoms with Crippen LogP contribution in [0.1, 0.15) is 25.0 Å². The van der Waals surface area contributed by atoms with Crippen molar-refractivity contribution in [1.82, 2.24) is 10.2 Å². The van der Waals surface area contributed by atoms with Gasteiger partial charge in [-0.15, -0.1) is 0 Å². The summed E-state index contributed by atoms with van der Waals surface area (Å²) < 4.78 is 28.4. The number of nitrogens with one attached hydrogen (secondary N) is 1. The maximum atomic E-state index is 13.7. The van der Waals surface area contributed by atoms with E-state index in [1.165, 1.54) is 17.0 Å². The van der Waals surface area contributed by atoms with Gasteiger partial charge in [-0.05, 0) is 62.7 Å². The molecule has 0 bridgehead atoms. The van der Waals surface area contributed by atoms with E-state index in [0.29, 0.717) is 17.3 Å². The Morgan fingerprint density at radius 1 is 0.944 bits per heavy atom. The summed E-state index contributed by atoms with van der Waals surface area (Å²) in [4.78, 5) is 27.8. The lowest BCUT2D eigenvalue weighted by molar-refractivity contribution is -0.139.